The highest BCUT2D eigenvalue weighted by molar-refractivity contribution is 6.23. The van der Waals surface area contributed by atoms with Gasteiger partial charge in [-0.1, -0.05) is 0 Å². The highest BCUT2D eigenvalue weighted by Crippen LogP contribution is 2.64. The molecule has 15 heteroatoms. The van der Waals surface area contributed by atoms with Gasteiger partial charge in [-0.15, -0.1) is 0 Å². The van der Waals surface area contributed by atoms with E-state index < -0.39 is 23.5 Å². The highest BCUT2D eigenvalue weighted by atomic mass is 19.4. The Kier molecular flexibility index (Phi) is 6.05. The Bertz CT molecular complexity index is 2590. The van der Waals surface area contributed by atoms with Crippen molar-refractivity contribution in [3.05, 3.63) is 132 Å². The van der Waals surface area contributed by atoms with Crippen LogP contribution in [-0.2, 0) is 6.18 Å². The van der Waals surface area contributed by atoms with Crippen LogP contribution in [0.1, 0.15) is 51.0 Å². The second-order valence-electron chi connectivity index (χ2n) is 10.4. The summed E-state index contributed by atoms with van der Waals surface area (Å²) in [5.41, 5.74) is 0.142. The average Bonchev–Trinajstić information content (AvgIpc) is 3.68. The van der Waals surface area contributed by atoms with Crippen molar-refractivity contribution in [2.45, 2.75) is 20.0 Å². The molecule has 0 bridgehead atoms. The molecule has 0 fully saturated rings. The first-order chi connectivity index (χ1) is 23.0. The molecule has 0 amide bonds. The summed E-state index contributed by atoms with van der Waals surface area (Å²) in [6, 6.07) is 3.76. The molecule has 7 rings (SSSR count). The third-order valence-corrected chi connectivity index (χ3v) is 7.97. The van der Waals surface area contributed by atoms with Gasteiger partial charge in [0.2, 0.25) is 5.82 Å². The number of benzene rings is 1. The van der Waals surface area contributed by atoms with Gasteiger partial charge in [0.1, 0.15) is 24.8 Å². The molecule has 4 aromatic rings. The predicted molar refractivity (Wildman–Crippen MR) is 160 cm³/mol. The number of rotatable bonds is 0. The van der Waals surface area contributed by atoms with Gasteiger partial charge in [-0.05, 0) is 30.5 Å². The van der Waals surface area contributed by atoms with Crippen LogP contribution in [0.25, 0.3) is 69.7 Å². The summed E-state index contributed by atoms with van der Waals surface area (Å²) >= 11 is 0. The lowest BCUT2D eigenvalue weighted by atomic mass is 9.84. The maximum atomic E-state index is 14.1. The summed E-state index contributed by atoms with van der Waals surface area (Å²) in [7, 11) is 0. The molecular formula is C33H9F3N12. The van der Waals surface area contributed by atoms with Gasteiger partial charge in [0.15, 0.2) is 0 Å². The first kappa shape index (κ1) is 29.1. The number of nitriles is 2. The van der Waals surface area contributed by atoms with Crippen LogP contribution in [0.4, 0.5) is 13.2 Å². The van der Waals surface area contributed by atoms with Crippen LogP contribution in [-0.4, -0.2) is 29.9 Å². The van der Waals surface area contributed by atoms with E-state index in [1.807, 2.05) is 12.1 Å². The Balaban J connectivity index is 1.88. The van der Waals surface area contributed by atoms with Crippen molar-refractivity contribution in [3.8, 4) is 45.8 Å². The van der Waals surface area contributed by atoms with Crippen molar-refractivity contribution in [2.24, 2.45) is 0 Å². The minimum absolute atomic E-state index is 0.0294. The molecule has 0 unspecified atom stereocenters. The summed E-state index contributed by atoms with van der Waals surface area (Å²) < 4.78 is 42.4. The van der Waals surface area contributed by atoms with Gasteiger partial charge in [-0.25, -0.2) is 50.1 Å². The topological polar surface area (TPSA) is 142 Å². The second-order valence-corrected chi connectivity index (χ2v) is 10.4. The van der Waals surface area contributed by atoms with Crippen LogP contribution in [0.15, 0.2) is 35.8 Å². The van der Waals surface area contributed by atoms with E-state index in [0.29, 0.717) is 0 Å². The van der Waals surface area contributed by atoms with Crippen LogP contribution < -0.4 is 0 Å². The molecule has 12 nitrogen and oxygen atoms in total. The van der Waals surface area contributed by atoms with E-state index in [0.717, 1.165) is 6.20 Å². The fourth-order valence-corrected chi connectivity index (χ4v) is 6.33. The summed E-state index contributed by atoms with van der Waals surface area (Å²) in [6.07, 6.45) is -1.28. The average molecular weight is 631 g/mol. The third-order valence-electron chi connectivity index (χ3n) is 7.97. The molecular weight excluding hydrogens is 621 g/mol. The smallest absolute Gasteiger partial charge is 0.241 e. The van der Waals surface area contributed by atoms with E-state index in [9.17, 15) is 23.7 Å². The van der Waals surface area contributed by atoms with Crippen LogP contribution in [0.5, 0.6) is 0 Å². The van der Waals surface area contributed by atoms with E-state index in [-0.39, 0.29) is 101 Å². The molecule has 0 saturated heterocycles. The number of nitrogens with zero attached hydrogens (tertiary/aromatic N) is 12. The minimum Gasteiger partial charge on any atom is -0.241 e. The van der Waals surface area contributed by atoms with Crippen molar-refractivity contribution in [3.63, 3.8) is 0 Å². The van der Waals surface area contributed by atoms with Crippen LogP contribution in [0, 0.1) is 62.8 Å². The zero-order valence-electron chi connectivity index (χ0n) is 24.2. The Morgan fingerprint density at radius 2 is 1.08 bits per heavy atom. The maximum absolute atomic E-state index is 14.1. The summed E-state index contributed by atoms with van der Waals surface area (Å²) in [6.45, 7) is 34.6. The molecule has 3 heterocycles. The molecule has 0 N–H and O–H groups in total. The number of aryl methyl sites for hydroxylation is 2. The monoisotopic (exact) mass is 630 g/mol. The Morgan fingerprint density at radius 1 is 0.604 bits per heavy atom. The normalized spacial score (nSPS) is 14.7. The van der Waals surface area contributed by atoms with E-state index in [4.69, 9.17) is 26.3 Å². The zero-order valence-corrected chi connectivity index (χ0v) is 24.2. The standard InChI is InChI=1S/C33H9F3N12/c1-12-44-10-15-20-23-19(17(7-37)39-3)14-9-43-13(2)47-29(14)26(23)25-21(31(41-5)42-6)16-11-45-32(33(34,35)36)48-30(16)27(25)24(20)22(28(15)46-12)18(8-38)40-4/h9-11H,1-2H3/b19-17+,22-18+. The van der Waals surface area contributed by atoms with E-state index in [1.54, 1.807) is 13.8 Å². The quantitative estimate of drug-likeness (QED) is 0.135. The number of aromatic nitrogens is 6. The number of hydrogen-bond donors (Lipinski definition) is 0. The lowest BCUT2D eigenvalue weighted by molar-refractivity contribution is -0.144. The number of allylic oxidation sites excluding steroid dienone is 2. The van der Waals surface area contributed by atoms with Crippen molar-refractivity contribution < 1.29 is 13.2 Å². The molecule has 0 spiro atoms. The first-order valence-electron chi connectivity index (χ1n) is 13.5. The van der Waals surface area contributed by atoms with Crippen molar-refractivity contribution in [1.82, 2.24) is 29.9 Å². The molecule has 48 heavy (non-hydrogen) atoms. The predicted octanol–water partition coefficient (Wildman–Crippen LogP) is 6.59. The fourth-order valence-electron chi connectivity index (χ4n) is 6.33. The molecule has 3 aliphatic carbocycles. The van der Waals surface area contributed by atoms with E-state index in [2.05, 4.69) is 49.3 Å². The van der Waals surface area contributed by atoms with Crippen molar-refractivity contribution >= 4 is 16.7 Å². The second kappa shape index (κ2) is 9.96. The maximum Gasteiger partial charge on any atom is 0.528 e. The Labute approximate surface area is 268 Å². The van der Waals surface area contributed by atoms with Crippen molar-refractivity contribution in [2.75, 3.05) is 0 Å². The number of halogens is 3. The minimum atomic E-state index is -4.99. The summed E-state index contributed by atoms with van der Waals surface area (Å²) in [5, 5.41) is 20.3. The van der Waals surface area contributed by atoms with Crippen LogP contribution in [0.3, 0.4) is 0 Å². The van der Waals surface area contributed by atoms with Gasteiger partial charge in [0, 0.05) is 63.1 Å². The molecule has 0 aliphatic heterocycles. The zero-order chi connectivity index (χ0) is 34.2. The SMILES string of the molecule is [C-]#[N+]C([N+]#[C-])=C1c2cnc(C(F)(F)F)nc2-c2c1c1c(c3c2/C(=C(/C#N)[N+]#[C-])c2nc(C)ncc2-3)/C(=C(\C#N)[N+]#[C-])c2cnc(C)nc2-1. The molecule has 3 aliphatic rings. The van der Waals surface area contributed by atoms with Gasteiger partial charge >= 0.3 is 12.0 Å². The lowest BCUT2D eigenvalue weighted by Crippen LogP contribution is -2.11. The van der Waals surface area contributed by atoms with Gasteiger partial charge in [-0.3, -0.25) is 0 Å². The van der Waals surface area contributed by atoms with Gasteiger partial charge < -0.3 is 0 Å². The molecule has 1 aromatic carbocycles. The number of alkyl halides is 3. The fraction of sp³-hybridized carbons (Fsp3) is 0.0909. The van der Waals surface area contributed by atoms with E-state index in [1.165, 1.54) is 12.4 Å². The number of fused-ring (bicyclic) bond motifs is 12. The number of hydrogen-bond acceptors (Lipinski definition) is 8. The largest absolute Gasteiger partial charge is 0.528 e. The first-order valence-corrected chi connectivity index (χ1v) is 13.5. The molecule has 0 atom stereocenters. The molecule has 0 saturated carbocycles. The van der Waals surface area contributed by atoms with Gasteiger partial charge in [0.25, 0.3) is 11.4 Å². The Morgan fingerprint density at radius 3 is 1.65 bits per heavy atom. The van der Waals surface area contributed by atoms with E-state index >= 15 is 0 Å². The molecule has 0 radical (unpaired) electrons. The van der Waals surface area contributed by atoms with Crippen molar-refractivity contribution in [1.29, 1.82) is 10.5 Å². The summed E-state index contributed by atoms with van der Waals surface area (Å²) in [4.78, 5) is 38.9. The third kappa shape index (κ3) is 3.65. The Hall–Kier alpha value is -7.59. The van der Waals surface area contributed by atoms with Crippen LogP contribution >= 0.6 is 0 Å². The lowest BCUT2D eigenvalue weighted by Gasteiger charge is -2.18. The van der Waals surface area contributed by atoms with Gasteiger partial charge in [0.05, 0.1) is 47.9 Å². The van der Waals surface area contributed by atoms with Gasteiger partial charge in [-0.2, -0.15) is 22.9 Å². The highest BCUT2D eigenvalue weighted by Gasteiger charge is 2.48. The summed E-state index contributed by atoms with van der Waals surface area (Å²) in [5.74, 6) is -1.51. The van der Waals surface area contributed by atoms with Crippen LogP contribution in [0.2, 0.25) is 0 Å². The molecule has 3 aromatic heterocycles. The molecule has 222 valence electrons.